The van der Waals surface area contributed by atoms with Gasteiger partial charge in [-0.05, 0) is 50.0 Å². The summed E-state index contributed by atoms with van der Waals surface area (Å²) in [5.41, 5.74) is 0.987. The molecule has 6 nitrogen and oxygen atoms in total. The van der Waals surface area contributed by atoms with E-state index in [2.05, 4.69) is 11.6 Å². The highest BCUT2D eigenvalue weighted by Crippen LogP contribution is 2.24. The molecule has 7 heteroatoms. The molecule has 0 bridgehead atoms. The van der Waals surface area contributed by atoms with E-state index < -0.39 is 15.8 Å². The Kier molecular flexibility index (Phi) is 7.48. The highest BCUT2D eigenvalue weighted by molar-refractivity contribution is 7.90. The fourth-order valence-corrected chi connectivity index (χ4v) is 5.35. The molecule has 2 fully saturated rings. The van der Waals surface area contributed by atoms with Crippen LogP contribution in [0.3, 0.4) is 0 Å². The molecule has 1 unspecified atom stereocenters. The molecule has 1 aliphatic heterocycles. The van der Waals surface area contributed by atoms with Crippen molar-refractivity contribution in [2.75, 3.05) is 18.9 Å². The van der Waals surface area contributed by atoms with Crippen LogP contribution in [0, 0.1) is 5.92 Å². The van der Waals surface area contributed by atoms with Crippen LogP contribution in [0.2, 0.25) is 0 Å². The van der Waals surface area contributed by atoms with Crippen LogP contribution in [-0.2, 0) is 26.1 Å². The molecule has 156 valence electrons. The topological polar surface area (TPSA) is 75.7 Å². The number of sulfonamides is 1. The number of benzene rings is 1. The van der Waals surface area contributed by atoms with Crippen molar-refractivity contribution in [3.63, 3.8) is 0 Å². The Balaban J connectivity index is 1.61. The van der Waals surface area contributed by atoms with E-state index in [0.717, 1.165) is 44.1 Å². The first-order valence-corrected chi connectivity index (χ1v) is 12.0. The van der Waals surface area contributed by atoms with Crippen molar-refractivity contribution in [3.05, 3.63) is 35.9 Å². The van der Waals surface area contributed by atoms with Crippen molar-refractivity contribution >= 4 is 15.9 Å². The smallest absolute Gasteiger partial charge is 0.239 e. The fraction of sp³-hybridized carbons (Fsp3) is 0.667. The zero-order chi connectivity index (χ0) is 20.0. The molecular weight excluding hydrogens is 376 g/mol. The van der Waals surface area contributed by atoms with E-state index in [4.69, 9.17) is 4.74 Å². The largest absolute Gasteiger partial charge is 0.376 e. The van der Waals surface area contributed by atoms with Crippen LogP contribution in [0.4, 0.5) is 0 Å². The maximum absolute atomic E-state index is 12.9. The Morgan fingerprint density at radius 1 is 1.14 bits per heavy atom. The molecule has 1 atom stereocenters. The molecule has 0 radical (unpaired) electrons. The van der Waals surface area contributed by atoms with Gasteiger partial charge in [-0.3, -0.25) is 4.79 Å². The molecule has 1 saturated carbocycles. The lowest BCUT2D eigenvalue weighted by Gasteiger charge is -2.28. The minimum Gasteiger partial charge on any atom is -0.376 e. The number of ether oxygens (including phenoxy) is 1. The van der Waals surface area contributed by atoms with Crippen LogP contribution in [0.5, 0.6) is 0 Å². The van der Waals surface area contributed by atoms with E-state index >= 15 is 0 Å². The number of carbonyl (C=O) groups excluding carboxylic acids is 1. The van der Waals surface area contributed by atoms with E-state index in [1.807, 2.05) is 30.3 Å². The maximum Gasteiger partial charge on any atom is 0.239 e. The highest BCUT2D eigenvalue weighted by atomic mass is 32.2. The molecule has 1 heterocycles. The first-order valence-electron chi connectivity index (χ1n) is 10.3. The van der Waals surface area contributed by atoms with E-state index in [9.17, 15) is 13.2 Å². The number of hydrogen-bond acceptors (Lipinski definition) is 4. The van der Waals surface area contributed by atoms with Gasteiger partial charge in [0.2, 0.25) is 15.9 Å². The molecule has 0 spiro atoms. The Labute approximate surface area is 168 Å². The van der Waals surface area contributed by atoms with E-state index in [-0.39, 0.29) is 18.1 Å². The summed E-state index contributed by atoms with van der Waals surface area (Å²) in [7, 11) is -3.65. The molecule has 1 aromatic carbocycles. The zero-order valence-corrected chi connectivity index (χ0v) is 17.5. The average molecular weight is 409 g/mol. The Bertz CT molecular complexity index is 724. The molecule has 2 aliphatic rings. The predicted molar refractivity (Wildman–Crippen MR) is 109 cm³/mol. The van der Waals surface area contributed by atoms with Gasteiger partial charge in [0.1, 0.15) is 5.75 Å². The van der Waals surface area contributed by atoms with Gasteiger partial charge in [0, 0.05) is 25.7 Å². The van der Waals surface area contributed by atoms with Crippen molar-refractivity contribution in [2.24, 2.45) is 5.92 Å². The summed E-state index contributed by atoms with van der Waals surface area (Å²) in [5.74, 6) is -0.218. The van der Waals surface area contributed by atoms with Crippen molar-refractivity contribution in [1.29, 1.82) is 0 Å². The van der Waals surface area contributed by atoms with E-state index in [0.29, 0.717) is 25.6 Å². The van der Waals surface area contributed by atoms with Crippen LogP contribution in [0.25, 0.3) is 0 Å². The van der Waals surface area contributed by atoms with E-state index in [1.54, 1.807) is 4.90 Å². The monoisotopic (exact) mass is 408 g/mol. The number of amides is 1. The summed E-state index contributed by atoms with van der Waals surface area (Å²) in [6.07, 6.45) is 5.63. The first kappa shape index (κ1) is 21.3. The Morgan fingerprint density at radius 2 is 1.86 bits per heavy atom. The number of nitrogens with zero attached hydrogens (tertiary/aromatic N) is 1. The molecule has 1 aromatic rings. The SMILES string of the molecule is CC1CCC(NS(=O)(=O)CC(=O)N(Cc2ccccc2)CC2CCCO2)CC1. The second-order valence-electron chi connectivity index (χ2n) is 8.23. The molecule has 28 heavy (non-hydrogen) atoms. The van der Waals surface area contributed by atoms with Crippen molar-refractivity contribution in [1.82, 2.24) is 9.62 Å². The summed E-state index contributed by atoms with van der Waals surface area (Å²) in [6.45, 7) is 3.74. The third-order valence-electron chi connectivity index (χ3n) is 5.69. The number of rotatable bonds is 8. The van der Waals surface area contributed by atoms with Crippen molar-refractivity contribution < 1.29 is 17.9 Å². The lowest BCUT2D eigenvalue weighted by atomic mass is 9.88. The lowest BCUT2D eigenvalue weighted by Crippen LogP contribution is -2.45. The number of carbonyl (C=O) groups is 1. The van der Waals surface area contributed by atoms with Crippen molar-refractivity contribution in [3.8, 4) is 0 Å². The van der Waals surface area contributed by atoms with Crippen LogP contribution in [-0.4, -0.2) is 50.3 Å². The zero-order valence-electron chi connectivity index (χ0n) is 16.7. The second-order valence-corrected chi connectivity index (χ2v) is 9.98. The van der Waals surface area contributed by atoms with Gasteiger partial charge in [0.25, 0.3) is 0 Å². The quantitative estimate of drug-likeness (QED) is 0.718. The fourth-order valence-electron chi connectivity index (χ4n) is 4.02. The van der Waals surface area contributed by atoms with Crippen LogP contribution < -0.4 is 4.72 Å². The van der Waals surface area contributed by atoms with Gasteiger partial charge < -0.3 is 9.64 Å². The molecule has 0 aromatic heterocycles. The summed E-state index contributed by atoms with van der Waals surface area (Å²) in [5, 5.41) is 0. The molecule has 1 amide bonds. The Hall–Kier alpha value is -1.44. The van der Waals surface area contributed by atoms with Crippen LogP contribution >= 0.6 is 0 Å². The third kappa shape index (κ3) is 6.57. The normalized spacial score (nSPS) is 25.5. The second kappa shape index (κ2) is 9.85. The summed E-state index contributed by atoms with van der Waals surface area (Å²) in [6, 6.07) is 9.63. The van der Waals surface area contributed by atoms with Crippen LogP contribution in [0.1, 0.15) is 51.0 Å². The standard InChI is InChI=1S/C21H32N2O4S/c1-17-9-11-19(12-10-17)22-28(25,26)16-21(24)23(15-20-8-5-13-27-20)14-18-6-3-2-4-7-18/h2-4,6-7,17,19-20,22H,5,8-16H2,1H3. The summed E-state index contributed by atoms with van der Waals surface area (Å²) >= 11 is 0. The molecule has 1 N–H and O–H groups in total. The lowest BCUT2D eigenvalue weighted by molar-refractivity contribution is -0.130. The Morgan fingerprint density at radius 3 is 2.50 bits per heavy atom. The van der Waals surface area contributed by atoms with Gasteiger partial charge in [-0.1, -0.05) is 37.3 Å². The molecule has 1 saturated heterocycles. The van der Waals surface area contributed by atoms with Gasteiger partial charge in [0.15, 0.2) is 0 Å². The van der Waals surface area contributed by atoms with Gasteiger partial charge in [-0.2, -0.15) is 0 Å². The van der Waals surface area contributed by atoms with Gasteiger partial charge >= 0.3 is 0 Å². The van der Waals surface area contributed by atoms with Gasteiger partial charge in [-0.15, -0.1) is 0 Å². The third-order valence-corrected chi connectivity index (χ3v) is 7.01. The minimum absolute atomic E-state index is 0.0110. The van der Waals surface area contributed by atoms with E-state index in [1.165, 1.54) is 0 Å². The summed E-state index contributed by atoms with van der Waals surface area (Å²) in [4.78, 5) is 14.5. The maximum atomic E-state index is 12.9. The van der Waals surface area contributed by atoms with Crippen molar-refractivity contribution in [2.45, 2.75) is 64.1 Å². The highest BCUT2D eigenvalue weighted by Gasteiger charge is 2.28. The number of nitrogens with one attached hydrogen (secondary N) is 1. The molecule has 1 aliphatic carbocycles. The number of hydrogen-bond donors (Lipinski definition) is 1. The molecular formula is C21H32N2O4S. The van der Waals surface area contributed by atoms with Crippen LogP contribution in [0.15, 0.2) is 30.3 Å². The minimum atomic E-state index is -3.65. The van der Waals surface area contributed by atoms with Gasteiger partial charge in [0.05, 0.1) is 6.10 Å². The predicted octanol–water partition coefficient (Wildman–Crippen LogP) is 2.69. The average Bonchev–Trinajstić information content (AvgIpc) is 3.16. The first-order chi connectivity index (χ1) is 13.4. The summed E-state index contributed by atoms with van der Waals surface area (Å²) < 4.78 is 33.6. The van der Waals surface area contributed by atoms with Gasteiger partial charge in [-0.25, -0.2) is 13.1 Å². The molecule has 3 rings (SSSR count).